The molecule has 0 radical (unpaired) electrons. The van der Waals surface area contributed by atoms with Gasteiger partial charge in [0.1, 0.15) is 0 Å². The molecule has 2 bridgehead atoms. The Hall–Kier alpha value is -0.690. The second-order valence-corrected chi connectivity index (χ2v) is 4.60. The maximum absolute atomic E-state index is 12.2. The minimum atomic E-state index is -0.441. The Labute approximate surface area is 99.7 Å². The molecule has 1 amide bonds. The molecule has 6 heteroatoms. The highest BCUT2D eigenvalue weighted by atomic mass is 16.6. The first kappa shape index (κ1) is 11.4. The van der Waals surface area contributed by atoms with Gasteiger partial charge in [-0.05, 0) is 0 Å². The van der Waals surface area contributed by atoms with Crippen molar-refractivity contribution in [1.29, 1.82) is 0 Å². The van der Waals surface area contributed by atoms with Crippen LogP contribution in [0.5, 0.6) is 0 Å². The smallest absolute Gasteiger partial charge is 0.254 e. The standard InChI is InChI=1S/C11H17NO5/c13-11(10-7-14-1-2-16-10)12-3-8-5-15-6-9(4-12)17-8/h8-10H,1-7H2. The summed E-state index contributed by atoms with van der Waals surface area (Å²) in [7, 11) is 0. The third-order valence-corrected chi connectivity index (χ3v) is 3.24. The Morgan fingerprint density at radius 3 is 2.41 bits per heavy atom. The Balaban J connectivity index is 1.61. The van der Waals surface area contributed by atoms with Crippen LogP contribution in [0.3, 0.4) is 0 Å². The fourth-order valence-corrected chi connectivity index (χ4v) is 2.45. The topological polar surface area (TPSA) is 57.2 Å². The molecule has 0 spiro atoms. The van der Waals surface area contributed by atoms with Crippen LogP contribution in [0.15, 0.2) is 0 Å². The highest BCUT2D eigenvalue weighted by Crippen LogP contribution is 2.18. The lowest BCUT2D eigenvalue weighted by Crippen LogP contribution is -2.58. The number of carbonyl (C=O) groups excluding carboxylic acids is 1. The number of hydrogen-bond acceptors (Lipinski definition) is 5. The van der Waals surface area contributed by atoms with Gasteiger partial charge in [-0.15, -0.1) is 0 Å². The van der Waals surface area contributed by atoms with Crippen LogP contribution in [0.25, 0.3) is 0 Å². The summed E-state index contributed by atoms with van der Waals surface area (Å²) in [6.45, 7) is 3.76. The van der Waals surface area contributed by atoms with E-state index < -0.39 is 6.10 Å². The molecule has 17 heavy (non-hydrogen) atoms. The molecular weight excluding hydrogens is 226 g/mol. The molecule has 3 fully saturated rings. The van der Waals surface area contributed by atoms with Crippen molar-refractivity contribution in [3.8, 4) is 0 Å². The lowest BCUT2D eigenvalue weighted by atomic mass is 10.1. The van der Waals surface area contributed by atoms with E-state index in [2.05, 4.69) is 0 Å². The van der Waals surface area contributed by atoms with Crippen LogP contribution >= 0.6 is 0 Å². The van der Waals surface area contributed by atoms with Gasteiger partial charge < -0.3 is 23.8 Å². The maximum Gasteiger partial charge on any atom is 0.254 e. The van der Waals surface area contributed by atoms with Crippen LogP contribution in [0.1, 0.15) is 0 Å². The molecule has 0 saturated carbocycles. The predicted octanol–water partition coefficient (Wildman–Crippen LogP) is -0.972. The molecular formula is C11H17NO5. The van der Waals surface area contributed by atoms with Gasteiger partial charge in [0.25, 0.3) is 5.91 Å². The zero-order valence-corrected chi connectivity index (χ0v) is 9.67. The Morgan fingerprint density at radius 1 is 1.00 bits per heavy atom. The van der Waals surface area contributed by atoms with Crippen LogP contribution in [0.4, 0.5) is 0 Å². The van der Waals surface area contributed by atoms with Gasteiger partial charge in [-0.3, -0.25) is 4.79 Å². The van der Waals surface area contributed by atoms with Crippen molar-refractivity contribution in [1.82, 2.24) is 4.90 Å². The average molecular weight is 243 g/mol. The third kappa shape index (κ3) is 2.44. The Bertz CT molecular complexity index is 280. The van der Waals surface area contributed by atoms with E-state index in [0.717, 1.165) is 0 Å². The second-order valence-electron chi connectivity index (χ2n) is 4.60. The normalized spacial score (nSPS) is 37.9. The van der Waals surface area contributed by atoms with Crippen molar-refractivity contribution in [2.45, 2.75) is 18.3 Å². The minimum Gasteiger partial charge on any atom is -0.376 e. The van der Waals surface area contributed by atoms with Gasteiger partial charge in [0.2, 0.25) is 0 Å². The quantitative estimate of drug-likeness (QED) is 0.593. The fraction of sp³-hybridized carbons (Fsp3) is 0.909. The molecule has 3 unspecified atom stereocenters. The molecule has 3 heterocycles. The Morgan fingerprint density at radius 2 is 1.76 bits per heavy atom. The maximum atomic E-state index is 12.2. The third-order valence-electron chi connectivity index (χ3n) is 3.24. The van der Waals surface area contributed by atoms with Crippen LogP contribution in [0, 0.1) is 0 Å². The van der Waals surface area contributed by atoms with E-state index in [0.29, 0.717) is 46.1 Å². The largest absolute Gasteiger partial charge is 0.376 e. The lowest BCUT2D eigenvalue weighted by molar-refractivity contribution is -0.194. The minimum absolute atomic E-state index is 0.0101. The van der Waals surface area contributed by atoms with E-state index >= 15 is 0 Å². The van der Waals surface area contributed by atoms with Crippen LogP contribution in [0.2, 0.25) is 0 Å². The van der Waals surface area contributed by atoms with Crippen molar-refractivity contribution >= 4 is 5.91 Å². The summed E-state index contributed by atoms with van der Waals surface area (Å²) in [5.41, 5.74) is 0. The molecule has 6 nitrogen and oxygen atoms in total. The van der Waals surface area contributed by atoms with E-state index in [1.165, 1.54) is 0 Å². The van der Waals surface area contributed by atoms with Gasteiger partial charge >= 0.3 is 0 Å². The Kier molecular flexibility index (Phi) is 3.28. The number of morpholine rings is 1. The van der Waals surface area contributed by atoms with Crippen LogP contribution in [-0.2, 0) is 23.7 Å². The molecule has 96 valence electrons. The monoisotopic (exact) mass is 243 g/mol. The summed E-state index contributed by atoms with van der Waals surface area (Å²) < 4.78 is 21.8. The molecule has 3 rings (SSSR count). The van der Waals surface area contributed by atoms with Gasteiger partial charge in [-0.2, -0.15) is 0 Å². The second kappa shape index (κ2) is 4.89. The summed E-state index contributed by atoms with van der Waals surface area (Å²) in [6, 6.07) is 0. The molecule has 0 N–H and O–H groups in total. The molecule has 3 aliphatic heterocycles. The molecule has 0 aromatic carbocycles. The molecule has 3 atom stereocenters. The zero-order chi connectivity index (χ0) is 11.7. The molecule has 0 aromatic heterocycles. The summed E-state index contributed by atoms with van der Waals surface area (Å²) in [4.78, 5) is 14.0. The highest BCUT2D eigenvalue weighted by Gasteiger charge is 2.37. The van der Waals surface area contributed by atoms with E-state index in [1.807, 2.05) is 4.90 Å². The summed E-state index contributed by atoms with van der Waals surface area (Å²) in [6.07, 6.45) is -0.421. The number of ether oxygens (including phenoxy) is 4. The molecule has 3 saturated heterocycles. The van der Waals surface area contributed by atoms with Crippen molar-refractivity contribution in [2.75, 3.05) is 46.1 Å². The average Bonchev–Trinajstić information content (AvgIpc) is 2.38. The molecule has 3 aliphatic rings. The lowest BCUT2D eigenvalue weighted by Gasteiger charge is -2.42. The summed E-state index contributed by atoms with van der Waals surface area (Å²) in [5, 5.41) is 0. The van der Waals surface area contributed by atoms with Gasteiger partial charge in [0, 0.05) is 13.1 Å². The predicted molar refractivity (Wildman–Crippen MR) is 56.6 cm³/mol. The first-order valence-corrected chi connectivity index (χ1v) is 6.04. The van der Waals surface area contributed by atoms with Crippen molar-refractivity contribution < 1.29 is 23.7 Å². The van der Waals surface area contributed by atoms with Crippen molar-refractivity contribution in [3.63, 3.8) is 0 Å². The number of fused-ring (bicyclic) bond motifs is 2. The van der Waals surface area contributed by atoms with Gasteiger partial charge in [0.05, 0.1) is 45.2 Å². The van der Waals surface area contributed by atoms with Crippen LogP contribution < -0.4 is 0 Å². The SMILES string of the molecule is O=C(C1COCCO1)N1CC2COCC(C1)O2. The molecule has 0 aromatic rings. The van der Waals surface area contributed by atoms with E-state index in [4.69, 9.17) is 18.9 Å². The van der Waals surface area contributed by atoms with E-state index in [1.54, 1.807) is 0 Å². The van der Waals surface area contributed by atoms with Crippen LogP contribution in [-0.4, -0.2) is 75.2 Å². The first-order chi connectivity index (χ1) is 8.33. The first-order valence-electron chi connectivity index (χ1n) is 6.04. The summed E-state index contributed by atoms with van der Waals surface area (Å²) in [5.74, 6) is 0.0184. The number of nitrogens with zero attached hydrogens (tertiary/aromatic N) is 1. The number of rotatable bonds is 1. The summed E-state index contributed by atoms with van der Waals surface area (Å²) >= 11 is 0. The van der Waals surface area contributed by atoms with Crippen molar-refractivity contribution in [2.24, 2.45) is 0 Å². The van der Waals surface area contributed by atoms with Crippen molar-refractivity contribution in [3.05, 3.63) is 0 Å². The number of hydrogen-bond donors (Lipinski definition) is 0. The van der Waals surface area contributed by atoms with Gasteiger partial charge in [-0.1, -0.05) is 0 Å². The molecule has 0 aliphatic carbocycles. The fourth-order valence-electron chi connectivity index (χ4n) is 2.45. The highest BCUT2D eigenvalue weighted by molar-refractivity contribution is 5.81. The van der Waals surface area contributed by atoms with Gasteiger partial charge in [0.15, 0.2) is 6.10 Å². The van der Waals surface area contributed by atoms with E-state index in [9.17, 15) is 4.79 Å². The number of amides is 1. The number of carbonyl (C=O) groups is 1. The zero-order valence-electron chi connectivity index (χ0n) is 9.67. The van der Waals surface area contributed by atoms with Gasteiger partial charge in [-0.25, -0.2) is 0 Å². The van der Waals surface area contributed by atoms with E-state index in [-0.39, 0.29) is 18.1 Å².